The number of amides is 2. The van der Waals surface area contributed by atoms with Crippen molar-refractivity contribution in [3.05, 3.63) is 35.6 Å². The molecule has 2 heterocycles. The van der Waals surface area contributed by atoms with Gasteiger partial charge in [0.2, 0.25) is 11.8 Å². The molecular formula is C18H21FN2O4. The van der Waals surface area contributed by atoms with E-state index in [2.05, 4.69) is 5.32 Å². The summed E-state index contributed by atoms with van der Waals surface area (Å²) in [6.07, 6.45) is 0. The molecule has 2 aliphatic rings. The molecule has 0 radical (unpaired) electrons. The van der Waals surface area contributed by atoms with Crippen LogP contribution in [0, 0.1) is 17.7 Å². The van der Waals surface area contributed by atoms with E-state index >= 15 is 0 Å². The molecule has 0 bridgehead atoms. The summed E-state index contributed by atoms with van der Waals surface area (Å²) in [5, 5.41) is 3.13. The summed E-state index contributed by atoms with van der Waals surface area (Å²) >= 11 is 0. The van der Waals surface area contributed by atoms with Gasteiger partial charge in [-0.15, -0.1) is 0 Å². The maximum atomic E-state index is 13.3. The van der Waals surface area contributed by atoms with Crippen LogP contribution in [-0.4, -0.2) is 41.4 Å². The molecule has 7 heteroatoms. The minimum absolute atomic E-state index is 0.175. The van der Waals surface area contributed by atoms with Crippen molar-refractivity contribution >= 4 is 17.8 Å². The van der Waals surface area contributed by atoms with Crippen LogP contribution in [0.5, 0.6) is 0 Å². The average Bonchev–Trinajstić information content (AvgIpc) is 3.03. The summed E-state index contributed by atoms with van der Waals surface area (Å²) in [4.78, 5) is 39.3. The Hall–Kier alpha value is -2.28. The fourth-order valence-corrected chi connectivity index (χ4v) is 3.94. The fourth-order valence-electron chi connectivity index (χ4n) is 3.94. The molecule has 1 N–H and O–H groups in total. The monoisotopic (exact) mass is 348 g/mol. The van der Waals surface area contributed by atoms with E-state index in [0.29, 0.717) is 5.56 Å². The van der Waals surface area contributed by atoms with Crippen molar-refractivity contribution in [3.63, 3.8) is 0 Å². The second-order valence-corrected chi connectivity index (χ2v) is 6.52. The van der Waals surface area contributed by atoms with Gasteiger partial charge in [0.15, 0.2) is 0 Å². The first-order valence-corrected chi connectivity index (χ1v) is 8.40. The van der Waals surface area contributed by atoms with Gasteiger partial charge in [-0.1, -0.05) is 12.1 Å². The number of nitrogens with one attached hydrogen (secondary N) is 1. The number of esters is 1. The van der Waals surface area contributed by atoms with Crippen LogP contribution >= 0.6 is 0 Å². The highest BCUT2D eigenvalue weighted by Gasteiger charge is 2.66. The van der Waals surface area contributed by atoms with E-state index in [0.717, 1.165) is 0 Å². The molecule has 2 amide bonds. The van der Waals surface area contributed by atoms with Crippen molar-refractivity contribution in [2.75, 3.05) is 13.2 Å². The lowest BCUT2D eigenvalue weighted by atomic mass is 9.80. The number of nitrogens with zero attached hydrogens (tertiary/aromatic N) is 1. The molecule has 25 heavy (non-hydrogen) atoms. The van der Waals surface area contributed by atoms with Gasteiger partial charge in [-0.25, -0.2) is 4.39 Å². The van der Waals surface area contributed by atoms with Gasteiger partial charge in [-0.05, 0) is 38.5 Å². The van der Waals surface area contributed by atoms with E-state index in [1.165, 1.54) is 17.0 Å². The number of rotatable bonds is 4. The molecule has 2 saturated heterocycles. The number of carbonyl (C=O) groups is 3. The van der Waals surface area contributed by atoms with Crippen molar-refractivity contribution in [3.8, 4) is 0 Å². The summed E-state index contributed by atoms with van der Waals surface area (Å²) in [6.45, 7) is 5.43. The van der Waals surface area contributed by atoms with E-state index < -0.39 is 35.2 Å². The van der Waals surface area contributed by atoms with Gasteiger partial charge in [0.25, 0.3) is 0 Å². The number of imide groups is 1. The third-order valence-electron chi connectivity index (χ3n) is 5.12. The zero-order chi connectivity index (χ0) is 18.4. The second-order valence-electron chi connectivity index (χ2n) is 6.52. The molecule has 2 fully saturated rings. The van der Waals surface area contributed by atoms with E-state index in [-0.39, 0.29) is 25.0 Å². The molecule has 6 nitrogen and oxygen atoms in total. The summed E-state index contributed by atoms with van der Waals surface area (Å²) in [6, 6.07) is 5.16. The third-order valence-corrected chi connectivity index (χ3v) is 5.12. The number of carbonyl (C=O) groups excluding carboxylic acids is 3. The Bertz CT molecular complexity index is 720. The van der Waals surface area contributed by atoms with Crippen LogP contribution in [-0.2, 0) is 19.1 Å². The smallest absolute Gasteiger partial charge is 0.326 e. The first-order valence-electron chi connectivity index (χ1n) is 8.40. The summed E-state index contributed by atoms with van der Waals surface area (Å²) in [5.74, 6) is -3.19. The molecule has 1 aromatic rings. The van der Waals surface area contributed by atoms with Crippen LogP contribution < -0.4 is 5.32 Å². The number of likely N-dealkylation sites (tertiary alicyclic amines) is 1. The molecule has 2 aliphatic heterocycles. The summed E-state index contributed by atoms with van der Waals surface area (Å²) in [7, 11) is 0. The molecule has 0 saturated carbocycles. The SMILES string of the molecule is CCOC(=O)[C@]1(C)N[C@@H](c2ccc(F)cc2)[C@@H]2C(=O)N(CC)C(=O)[C@H]21. The Balaban J connectivity index is 2.07. The lowest BCUT2D eigenvalue weighted by Crippen LogP contribution is -2.54. The summed E-state index contributed by atoms with van der Waals surface area (Å²) in [5.41, 5.74) is -0.653. The van der Waals surface area contributed by atoms with Crippen LogP contribution in [0.15, 0.2) is 24.3 Å². The van der Waals surface area contributed by atoms with E-state index in [1.54, 1.807) is 32.9 Å². The third kappa shape index (κ3) is 2.54. The van der Waals surface area contributed by atoms with E-state index in [4.69, 9.17) is 4.74 Å². The predicted molar refractivity (Wildman–Crippen MR) is 86.7 cm³/mol. The Labute approximate surface area is 145 Å². The highest BCUT2D eigenvalue weighted by Crippen LogP contribution is 2.48. The zero-order valence-electron chi connectivity index (χ0n) is 14.4. The minimum Gasteiger partial charge on any atom is -0.465 e. The van der Waals surface area contributed by atoms with Gasteiger partial charge >= 0.3 is 5.97 Å². The average molecular weight is 348 g/mol. The van der Waals surface area contributed by atoms with Crippen LogP contribution in [0.3, 0.4) is 0 Å². The fraction of sp³-hybridized carbons (Fsp3) is 0.500. The van der Waals surface area contributed by atoms with Gasteiger partial charge in [-0.3, -0.25) is 24.6 Å². The Morgan fingerprint density at radius 1 is 1.24 bits per heavy atom. The van der Waals surface area contributed by atoms with Crippen LogP contribution in [0.4, 0.5) is 4.39 Å². The van der Waals surface area contributed by atoms with Crippen molar-refractivity contribution in [1.82, 2.24) is 10.2 Å². The molecular weight excluding hydrogens is 327 g/mol. The normalized spacial score (nSPS) is 31.4. The first kappa shape index (κ1) is 17.5. The van der Waals surface area contributed by atoms with Crippen LogP contribution in [0.2, 0.25) is 0 Å². The lowest BCUT2D eigenvalue weighted by molar-refractivity contribution is -0.155. The summed E-state index contributed by atoms with van der Waals surface area (Å²) < 4.78 is 18.4. The standard InChI is InChI=1S/C18H21FN2O4/c1-4-21-15(22)12-13(16(21)23)18(3,17(24)25-5-2)20-14(12)10-6-8-11(19)9-7-10/h6-9,12-14,20H,4-5H2,1-3H3/t12-,13+,14+,18-/m1/s1. The van der Waals surface area contributed by atoms with Crippen LogP contribution in [0.25, 0.3) is 0 Å². The van der Waals surface area contributed by atoms with E-state index in [1.807, 2.05) is 0 Å². The van der Waals surface area contributed by atoms with Crippen LogP contribution in [0.1, 0.15) is 32.4 Å². The lowest BCUT2D eigenvalue weighted by Gasteiger charge is -2.28. The molecule has 0 aliphatic carbocycles. The van der Waals surface area contributed by atoms with Gasteiger partial charge in [0.1, 0.15) is 11.4 Å². The van der Waals surface area contributed by atoms with Gasteiger partial charge in [-0.2, -0.15) is 0 Å². The van der Waals surface area contributed by atoms with Crippen molar-refractivity contribution in [1.29, 1.82) is 0 Å². The van der Waals surface area contributed by atoms with Crippen molar-refractivity contribution in [2.45, 2.75) is 32.4 Å². The maximum Gasteiger partial charge on any atom is 0.326 e. The highest BCUT2D eigenvalue weighted by molar-refractivity contribution is 6.09. The largest absolute Gasteiger partial charge is 0.465 e. The quantitative estimate of drug-likeness (QED) is 0.658. The Morgan fingerprint density at radius 3 is 2.44 bits per heavy atom. The number of ether oxygens (including phenoxy) is 1. The van der Waals surface area contributed by atoms with Gasteiger partial charge < -0.3 is 4.74 Å². The number of benzene rings is 1. The molecule has 0 unspecified atom stereocenters. The first-order chi connectivity index (χ1) is 11.8. The molecule has 3 rings (SSSR count). The van der Waals surface area contributed by atoms with Gasteiger partial charge in [0.05, 0.1) is 18.4 Å². The topological polar surface area (TPSA) is 75.7 Å². The van der Waals surface area contributed by atoms with Crippen molar-refractivity contribution in [2.24, 2.45) is 11.8 Å². The number of halogens is 1. The zero-order valence-corrected chi connectivity index (χ0v) is 14.4. The number of hydrogen-bond acceptors (Lipinski definition) is 5. The molecule has 4 atom stereocenters. The minimum atomic E-state index is -1.31. The molecule has 134 valence electrons. The van der Waals surface area contributed by atoms with Gasteiger partial charge in [0, 0.05) is 12.6 Å². The Kier molecular flexibility index (Phi) is 4.36. The van der Waals surface area contributed by atoms with E-state index in [9.17, 15) is 18.8 Å². The number of hydrogen-bond donors (Lipinski definition) is 1. The predicted octanol–water partition coefficient (Wildman–Crippen LogP) is 1.41. The molecule has 0 spiro atoms. The molecule has 0 aromatic heterocycles. The Morgan fingerprint density at radius 2 is 1.88 bits per heavy atom. The maximum absolute atomic E-state index is 13.3. The second kappa shape index (κ2) is 6.22. The highest BCUT2D eigenvalue weighted by atomic mass is 19.1. The number of fused-ring (bicyclic) bond motifs is 1. The van der Waals surface area contributed by atoms with Crippen molar-refractivity contribution < 1.29 is 23.5 Å². The molecule has 1 aromatic carbocycles.